The highest BCUT2D eigenvalue weighted by Gasteiger charge is 2.16. The standard InChI is InChI=1S/C27H27N3O3/c1-28-26(32)20-11-9-18(10-12-20)13-19-5-4-6-21(14-19)27(33)30-23(17-31)15-22-16-29-25-8-3-2-7-24(22)25/h2-12,14,16,23,29,31H,13,15,17H2,1H3,(H,28,32)(H,30,33)/t23-/m1/s1. The van der Waals surface area contributed by atoms with Crippen LogP contribution in [0.15, 0.2) is 79.0 Å². The maximum Gasteiger partial charge on any atom is 0.251 e. The minimum atomic E-state index is -0.391. The summed E-state index contributed by atoms with van der Waals surface area (Å²) >= 11 is 0. The smallest absolute Gasteiger partial charge is 0.251 e. The summed E-state index contributed by atoms with van der Waals surface area (Å²) in [5, 5.41) is 16.5. The van der Waals surface area contributed by atoms with Crippen LogP contribution in [0.5, 0.6) is 0 Å². The van der Waals surface area contributed by atoms with E-state index in [1.807, 2.05) is 60.8 Å². The van der Waals surface area contributed by atoms with Gasteiger partial charge in [0.15, 0.2) is 0 Å². The largest absolute Gasteiger partial charge is 0.394 e. The van der Waals surface area contributed by atoms with Crippen LogP contribution in [0.25, 0.3) is 10.9 Å². The molecule has 1 atom stereocenters. The summed E-state index contributed by atoms with van der Waals surface area (Å²) in [5.41, 5.74) is 5.29. The highest BCUT2D eigenvalue weighted by Crippen LogP contribution is 2.19. The molecule has 33 heavy (non-hydrogen) atoms. The van der Waals surface area contributed by atoms with Gasteiger partial charge in [0, 0.05) is 35.3 Å². The lowest BCUT2D eigenvalue weighted by atomic mass is 10.0. The first-order valence-corrected chi connectivity index (χ1v) is 10.9. The number of amides is 2. The van der Waals surface area contributed by atoms with Crippen molar-refractivity contribution in [3.05, 3.63) is 107 Å². The summed E-state index contributed by atoms with van der Waals surface area (Å²) in [7, 11) is 1.61. The highest BCUT2D eigenvalue weighted by molar-refractivity contribution is 5.95. The van der Waals surface area contributed by atoms with Crippen LogP contribution in [0.3, 0.4) is 0 Å². The molecule has 0 saturated heterocycles. The van der Waals surface area contributed by atoms with Crippen molar-refractivity contribution in [2.45, 2.75) is 18.9 Å². The second-order valence-electron chi connectivity index (χ2n) is 8.07. The number of H-pyrrole nitrogens is 1. The van der Waals surface area contributed by atoms with Gasteiger partial charge in [-0.05, 0) is 59.9 Å². The van der Waals surface area contributed by atoms with Gasteiger partial charge < -0.3 is 20.7 Å². The van der Waals surface area contributed by atoms with E-state index < -0.39 is 6.04 Å². The third-order valence-electron chi connectivity index (χ3n) is 5.74. The number of fused-ring (bicyclic) bond motifs is 1. The molecule has 6 heteroatoms. The molecule has 168 valence electrons. The Kier molecular flexibility index (Phi) is 6.86. The van der Waals surface area contributed by atoms with Crippen molar-refractivity contribution in [3.8, 4) is 0 Å². The topological polar surface area (TPSA) is 94.2 Å². The van der Waals surface area contributed by atoms with Crippen molar-refractivity contribution in [2.24, 2.45) is 0 Å². The lowest BCUT2D eigenvalue weighted by Crippen LogP contribution is -2.39. The number of aliphatic hydroxyl groups is 1. The molecule has 0 radical (unpaired) electrons. The van der Waals surface area contributed by atoms with Gasteiger partial charge in [0.05, 0.1) is 12.6 Å². The average Bonchev–Trinajstić information content (AvgIpc) is 3.26. The molecular weight excluding hydrogens is 414 g/mol. The Bertz CT molecular complexity index is 1260. The number of aromatic amines is 1. The fraction of sp³-hybridized carbons (Fsp3) is 0.185. The number of rotatable bonds is 8. The summed E-state index contributed by atoms with van der Waals surface area (Å²) in [6.07, 6.45) is 3.10. The van der Waals surface area contributed by atoms with Crippen molar-refractivity contribution < 1.29 is 14.7 Å². The van der Waals surface area contributed by atoms with E-state index >= 15 is 0 Å². The van der Waals surface area contributed by atoms with Gasteiger partial charge in [-0.25, -0.2) is 0 Å². The van der Waals surface area contributed by atoms with Gasteiger partial charge in [-0.15, -0.1) is 0 Å². The number of hydrogen-bond acceptors (Lipinski definition) is 3. The zero-order chi connectivity index (χ0) is 23.2. The zero-order valence-corrected chi connectivity index (χ0v) is 18.5. The Morgan fingerprint density at radius 1 is 0.909 bits per heavy atom. The second kappa shape index (κ2) is 10.1. The summed E-state index contributed by atoms with van der Waals surface area (Å²) in [4.78, 5) is 27.8. The quantitative estimate of drug-likeness (QED) is 0.337. The molecule has 0 spiro atoms. The number of carbonyl (C=O) groups is 2. The van der Waals surface area contributed by atoms with Crippen LogP contribution in [0.2, 0.25) is 0 Å². The van der Waals surface area contributed by atoms with E-state index in [-0.39, 0.29) is 18.4 Å². The number of hydrogen-bond donors (Lipinski definition) is 4. The maximum atomic E-state index is 12.9. The molecule has 2 amide bonds. The lowest BCUT2D eigenvalue weighted by Gasteiger charge is -2.16. The monoisotopic (exact) mass is 441 g/mol. The van der Waals surface area contributed by atoms with Gasteiger partial charge in [-0.3, -0.25) is 9.59 Å². The number of aliphatic hydroxyl groups excluding tert-OH is 1. The Morgan fingerprint density at radius 3 is 2.45 bits per heavy atom. The van der Waals surface area contributed by atoms with Crippen molar-refractivity contribution in [1.29, 1.82) is 0 Å². The van der Waals surface area contributed by atoms with E-state index in [0.717, 1.165) is 27.6 Å². The van der Waals surface area contributed by atoms with E-state index in [2.05, 4.69) is 15.6 Å². The second-order valence-corrected chi connectivity index (χ2v) is 8.07. The van der Waals surface area contributed by atoms with Crippen LogP contribution in [-0.2, 0) is 12.8 Å². The third kappa shape index (κ3) is 5.30. The van der Waals surface area contributed by atoms with Crippen LogP contribution in [0, 0.1) is 0 Å². The minimum absolute atomic E-state index is 0.119. The molecular formula is C27H27N3O3. The Balaban J connectivity index is 1.42. The molecule has 3 aromatic carbocycles. The van der Waals surface area contributed by atoms with Crippen LogP contribution in [0.4, 0.5) is 0 Å². The first-order valence-electron chi connectivity index (χ1n) is 10.9. The summed E-state index contributed by atoms with van der Waals surface area (Å²) < 4.78 is 0. The molecule has 0 unspecified atom stereocenters. The summed E-state index contributed by atoms with van der Waals surface area (Å²) in [6, 6.07) is 22.5. The Morgan fingerprint density at radius 2 is 1.70 bits per heavy atom. The summed E-state index contributed by atoms with van der Waals surface area (Å²) in [6.45, 7) is -0.150. The van der Waals surface area contributed by atoms with Gasteiger partial charge in [0.1, 0.15) is 0 Å². The number of carbonyl (C=O) groups excluding carboxylic acids is 2. The van der Waals surface area contributed by atoms with Gasteiger partial charge in [-0.1, -0.05) is 42.5 Å². The first-order chi connectivity index (χ1) is 16.1. The van der Waals surface area contributed by atoms with E-state index in [1.54, 1.807) is 25.2 Å². The molecule has 0 aliphatic heterocycles. The molecule has 1 aromatic heterocycles. The number of nitrogens with one attached hydrogen (secondary N) is 3. The molecule has 0 saturated carbocycles. The van der Waals surface area contributed by atoms with Crippen molar-refractivity contribution in [1.82, 2.24) is 15.6 Å². The third-order valence-corrected chi connectivity index (χ3v) is 5.74. The molecule has 4 N–H and O–H groups in total. The van der Waals surface area contributed by atoms with E-state index in [4.69, 9.17) is 0 Å². The van der Waals surface area contributed by atoms with Crippen LogP contribution < -0.4 is 10.6 Å². The average molecular weight is 442 g/mol. The zero-order valence-electron chi connectivity index (χ0n) is 18.5. The van der Waals surface area contributed by atoms with Crippen LogP contribution in [0.1, 0.15) is 37.4 Å². The van der Waals surface area contributed by atoms with Gasteiger partial charge in [0.2, 0.25) is 0 Å². The highest BCUT2D eigenvalue weighted by atomic mass is 16.3. The van der Waals surface area contributed by atoms with Gasteiger partial charge in [0.25, 0.3) is 11.8 Å². The molecule has 0 aliphatic carbocycles. The van der Waals surface area contributed by atoms with Crippen molar-refractivity contribution in [2.75, 3.05) is 13.7 Å². The summed E-state index contributed by atoms with van der Waals surface area (Å²) in [5.74, 6) is -0.336. The number of benzene rings is 3. The van der Waals surface area contributed by atoms with Gasteiger partial charge in [-0.2, -0.15) is 0 Å². The first kappa shape index (κ1) is 22.3. The molecule has 4 aromatic rings. The molecule has 0 fully saturated rings. The Labute approximate surface area is 192 Å². The van der Waals surface area contributed by atoms with Crippen molar-refractivity contribution in [3.63, 3.8) is 0 Å². The number of aromatic nitrogens is 1. The van der Waals surface area contributed by atoms with E-state index in [1.165, 1.54) is 0 Å². The lowest BCUT2D eigenvalue weighted by molar-refractivity contribution is 0.0915. The molecule has 0 bridgehead atoms. The fourth-order valence-electron chi connectivity index (χ4n) is 3.97. The van der Waals surface area contributed by atoms with Gasteiger partial charge >= 0.3 is 0 Å². The normalized spacial score (nSPS) is 11.8. The van der Waals surface area contributed by atoms with E-state index in [9.17, 15) is 14.7 Å². The molecule has 0 aliphatic rings. The van der Waals surface area contributed by atoms with Crippen molar-refractivity contribution >= 4 is 22.7 Å². The van der Waals surface area contributed by atoms with Crippen LogP contribution in [-0.4, -0.2) is 41.6 Å². The molecule has 4 rings (SSSR count). The molecule has 1 heterocycles. The predicted octanol–water partition coefficient (Wildman–Crippen LogP) is 3.45. The minimum Gasteiger partial charge on any atom is -0.394 e. The fourth-order valence-corrected chi connectivity index (χ4v) is 3.97. The Hall–Kier alpha value is -3.90. The predicted molar refractivity (Wildman–Crippen MR) is 129 cm³/mol. The molecule has 6 nitrogen and oxygen atoms in total. The van der Waals surface area contributed by atoms with E-state index in [0.29, 0.717) is 24.0 Å². The maximum absolute atomic E-state index is 12.9. The SMILES string of the molecule is CNC(=O)c1ccc(Cc2cccc(C(=O)N[C@@H](CO)Cc3c[nH]c4ccccc34)c2)cc1. The number of para-hydroxylation sites is 1. The van der Waals surface area contributed by atoms with Crippen LogP contribution >= 0.6 is 0 Å².